The molecule has 0 saturated heterocycles. The van der Waals surface area contributed by atoms with Crippen molar-refractivity contribution in [2.75, 3.05) is 0 Å². The van der Waals surface area contributed by atoms with Gasteiger partial charge in [0.1, 0.15) is 0 Å². The summed E-state index contributed by atoms with van der Waals surface area (Å²) in [6.45, 7) is 2.05. The lowest BCUT2D eigenvalue weighted by Crippen LogP contribution is -1.85. The van der Waals surface area contributed by atoms with Gasteiger partial charge in [0.2, 0.25) is 0 Å². The number of halogens is 1. The van der Waals surface area contributed by atoms with Crippen molar-refractivity contribution in [3.8, 4) is 6.07 Å². The van der Waals surface area contributed by atoms with Crippen molar-refractivity contribution in [3.05, 3.63) is 33.8 Å². The fourth-order valence-electron chi connectivity index (χ4n) is 0.961. The van der Waals surface area contributed by atoms with Crippen molar-refractivity contribution in [2.24, 2.45) is 0 Å². The van der Waals surface area contributed by atoms with Gasteiger partial charge in [-0.05, 0) is 24.1 Å². The number of nitrogens with zero attached hydrogens (tertiary/aromatic N) is 1. The highest BCUT2D eigenvalue weighted by molar-refractivity contribution is 9.10. The first-order valence-electron chi connectivity index (χ1n) is 3.46. The molecule has 0 bridgehead atoms. The number of benzene rings is 1. The zero-order valence-electron chi connectivity index (χ0n) is 6.26. The molecular weight excluding hydrogens is 202 g/mol. The number of aryl methyl sites for hydroxylation is 1. The maximum Gasteiger partial charge on any atom is 0.0994 e. The number of hydrogen-bond donors (Lipinski definition) is 0. The van der Waals surface area contributed by atoms with Gasteiger partial charge in [0.25, 0.3) is 0 Å². The minimum atomic E-state index is 0.766. The van der Waals surface area contributed by atoms with Gasteiger partial charge < -0.3 is 0 Å². The van der Waals surface area contributed by atoms with Gasteiger partial charge in [-0.3, -0.25) is 0 Å². The topological polar surface area (TPSA) is 23.8 Å². The molecule has 0 spiro atoms. The highest BCUT2D eigenvalue weighted by Crippen LogP contribution is 2.15. The fraction of sp³-hybridized carbons (Fsp3) is 0.222. The van der Waals surface area contributed by atoms with E-state index in [2.05, 4.69) is 22.0 Å². The van der Waals surface area contributed by atoms with Crippen LogP contribution in [-0.4, -0.2) is 0 Å². The third-order valence-corrected chi connectivity index (χ3v) is 2.07. The second-order valence-electron chi connectivity index (χ2n) is 2.27. The number of hydrogen-bond acceptors (Lipinski definition) is 1. The zero-order valence-corrected chi connectivity index (χ0v) is 7.85. The summed E-state index contributed by atoms with van der Waals surface area (Å²) in [5.41, 5.74) is 1.87. The van der Waals surface area contributed by atoms with Crippen LogP contribution in [0.5, 0.6) is 0 Å². The van der Waals surface area contributed by atoms with E-state index in [9.17, 15) is 0 Å². The number of nitriles is 1. The smallest absolute Gasteiger partial charge is 0.0994 e. The molecule has 0 saturated carbocycles. The third kappa shape index (κ3) is 1.81. The Bertz CT molecular complexity index is 299. The Morgan fingerprint density at radius 3 is 2.82 bits per heavy atom. The minimum Gasteiger partial charge on any atom is -0.192 e. The summed E-state index contributed by atoms with van der Waals surface area (Å²) in [6.07, 6.45) is 0.913. The van der Waals surface area contributed by atoms with Crippen molar-refractivity contribution >= 4 is 15.9 Å². The summed E-state index contributed by atoms with van der Waals surface area (Å²) >= 11 is 3.32. The first-order chi connectivity index (χ1) is 5.27. The van der Waals surface area contributed by atoms with Crippen LogP contribution in [0.2, 0.25) is 0 Å². The van der Waals surface area contributed by atoms with E-state index in [0.717, 1.165) is 22.0 Å². The predicted molar refractivity (Wildman–Crippen MR) is 48.2 cm³/mol. The summed E-state index contributed by atoms with van der Waals surface area (Å²) in [4.78, 5) is 0. The molecule has 0 atom stereocenters. The van der Waals surface area contributed by atoms with E-state index in [0.29, 0.717) is 0 Å². The Morgan fingerprint density at radius 2 is 2.27 bits per heavy atom. The Morgan fingerprint density at radius 1 is 1.55 bits per heavy atom. The van der Waals surface area contributed by atoms with E-state index in [1.165, 1.54) is 0 Å². The Kier molecular flexibility index (Phi) is 2.67. The van der Waals surface area contributed by atoms with Gasteiger partial charge in [-0.1, -0.05) is 28.9 Å². The van der Waals surface area contributed by atoms with E-state index in [1.807, 2.05) is 25.1 Å². The van der Waals surface area contributed by atoms with Crippen LogP contribution in [0.4, 0.5) is 0 Å². The normalized spacial score (nSPS) is 9.18. The van der Waals surface area contributed by atoms with Crippen LogP contribution >= 0.6 is 15.9 Å². The van der Waals surface area contributed by atoms with Gasteiger partial charge in [-0.15, -0.1) is 0 Å². The van der Waals surface area contributed by atoms with Crippen LogP contribution in [0.15, 0.2) is 22.7 Å². The molecule has 11 heavy (non-hydrogen) atoms. The highest BCUT2D eigenvalue weighted by Gasteiger charge is 1.98. The Labute approximate surface area is 74.8 Å². The van der Waals surface area contributed by atoms with E-state index < -0.39 is 0 Å². The van der Waals surface area contributed by atoms with Crippen molar-refractivity contribution < 1.29 is 0 Å². The van der Waals surface area contributed by atoms with Crippen LogP contribution in [0.1, 0.15) is 18.1 Å². The lowest BCUT2D eigenvalue weighted by Gasteiger charge is -1.98. The first-order valence-corrected chi connectivity index (χ1v) is 4.25. The molecule has 0 heterocycles. The molecule has 0 amide bonds. The molecule has 0 aromatic heterocycles. The van der Waals surface area contributed by atoms with Crippen molar-refractivity contribution in [2.45, 2.75) is 13.3 Å². The van der Waals surface area contributed by atoms with E-state index in [1.54, 1.807) is 0 Å². The second-order valence-corrected chi connectivity index (χ2v) is 3.18. The quantitative estimate of drug-likeness (QED) is 0.699. The van der Waals surface area contributed by atoms with Crippen molar-refractivity contribution in [1.82, 2.24) is 0 Å². The molecule has 56 valence electrons. The van der Waals surface area contributed by atoms with Gasteiger partial charge >= 0.3 is 0 Å². The summed E-state index contributed by atoms with van der Waals surface area (Å²) in [7, 11) is 0. The maximum absolute atomic E-state index is 8.70. The minimum absolute atomic E-state index is 0.766. The lowest BCUT2D eigenvalue weighted by molar-refractivity contribution is 1.13. The monoisotopic (exact) mass is 209 g/mol. The molecule has 2 heteroatoms. The van der Waals surface area contributed by atoms with Crippen LogP contribution in [0, 0.1) is 11.3 Å². The molecule has 0 unspecified atom stereocenters. The highest BCUT2D eigenvalue weighted by atomic mass is 79.9. The molecule has 1 aromatic carbocycles. The van der Waals surface area contributed by atoms with Gasteiger partial charge in [-0.25, -0.2) is 0 Å². The summed E-state index contributed by atoms with van der Waals surface area (Å²) in [5, 5.41) is 8.70. The largest absolute Gasteiger partial charge is 0.192 e. The van der Waals surface area contributed by atoms with Crippen molar-refractivity contribution in [1.29, 1.82) is 5.26 Å². The summed E-state index contributed by atoms with van der Waals surface area (Å²) < 4.78 is 0.964. The van der Waals surface area contributed by atoms with Gasteiger partial charge in [0, 0.05) is 4.47 Å². The first kappa shape index (κ1) is 8.29. The van der Waals surface area contributed by atoms with Crippen LogP contribution < -0.4 is 0 Å². The maximum atomic E-state index is 8.70. The number of rotatable bonds is 1. The molecule has 0 N–H and O–H groups in total. The molecule has 0 radical (unpaired) electrons. The summed E-state index contributed by atoms with van der Waals surface area (Å²) in [5.74, 6) is 0. The Balaban J connectivity index is 3.19. The Hall–Kier alpha value is -0.810. The van der Waals surface area contributed by atoms with Crippen LogP contribution in [0.25, 0.3) is 0 Å². The molecule has 0 aliphatic rings. The third-order valence-electron chi connectivity index (χ3n) is 1.57. The van der Waals surface area contributed by atoms with Crippen LogP contribution in [-0.2, 0) is 6.42 Å². The SMILES string of the molecule is CCc1ccc(Br)cc1C#N. The standard InChI is InChI=1S/C9H8BrN/c1-2-7-3-4-9(10)5-8(7)6-11/h3-5H,2H2,1H3. The fourth-order valence-corrected chi connectivity index (χ4v) is 1.32. The molecular formula is C9H8BrN. The van der Waals surface area contributed by atoms with E-state index >= 15 is 0 Å². The van der Waals surface area contributed by atoms with Crippen LogP contribution in [0.3, 0.4) is 0 Å². The van der Waals surface area contributed by atoms with E-state index in [-0.39, 0.29) is 0 Å². The molecule has 1 rings (SSSR count). The van der Waals surface area contributed by atoms with Gasteiger partial charge in [0.05, 0.1) is 11.6 Å². The lowest BCUT2D eigenvalue weighted by atomic mass is 10.1. The van der Waals surface area contributed by atoms with Gasteiger partial charge in [0.15, 0.2) is 0 Å². The average Bonchev–Trinajstić information content (AvgIpc) is 2.04. The second kappa shape index (κ2) is 3.54. The summed E-state index contributed by atoms with van der Waals surface area (Å²) in [6, 6.07) is 7.94. The van der Waals surface area contributed by atoms with Crippen molar-refractivity contribution in [3.63, 3.8) is 0 Å². The zero-order chi connectivity index (χ0) is 8.27. The molecule has 1 aromatic rings. The molecule has 0 aliphatic carbocycles. The van der Waals surface area contributed by atoms with E-state index in [4.69, 9.17) is 5.26 Å². The molecule has 0 aliphatic heterocycles. The van der Waals surface area contributed by atoms with Gasteiger partial charge in [-0.2, -0.15) is 5.26 Å². The molecule has 1 nitrogen and oxygen atoms in total. The predicted octanol–water partition coefficient (Wildman–Crippen LogP) is 2.88. The molecule has 0 fully saturated rings. The average molecular weight is 210 g/mol.